The standard InChI is InChI=1S/C18H27NO3/c1-13-8-7-9-14(10-13)16(21)22-11-15(20)19-18(5,6)12-17(2,3)4/h7-10H,11-12H2,1-6H3,(H,19,20). The molecule has 0 aromatic heterocycles. The molecule has 0 radical (unpaired) electrons. The van der Waals surface area contributed by atoms with Gasteiger partial charge >= 0.3 is 5.97 Å². The van der Waals surface area contributed by atoms with Crippen LogP contribution in [0.3, 0.4) is 0 Å². The van der Waals surface area contributed by atoms with Crippen molar-refractivity contribution in [1.82, 2.24) is 5.32 Å². The second kappa shape index (κ2) is 6.95. The van der Waals surface area contributed by atoms with Crippen LogP contribution in [0.4, 0.5) is 0 Å². The number of carbonyl (C=O) groups is 2. The van der Waals surface area contributed by atoms with Gasteiger partial charge in [-0.2, -0.15) is 0 Å². The van der Waals surface area contributed by atoms with Crippen molar-refractivity contribution in [2.24, 2.45) is 5.41 Å². The van der Waals surface area contributed by atoms with E-state index < -0.39 is 5.97 Å². The summed E-state index contributed by atoms with van der Waals surface area (Å²) in [6, 6.07) is 7.11. The number of ether oxygens (including phenoxy) is 1. The average molecular weight is 305 g/mol. The Morgan fingerprint density at radius 2 is 1.77 bits per heavy atom. The van der Waals surface area contributed by atoms with Gasteiger partial charge in [-0.3, -0.25) is 4.79 Å². The Morgan fingerprint density at radius 1 is 1.14 bits per heavy atom. The van der Waals surface area contributed by atoms with Gasteiger partial charge in [-0.25, -0.2) is 4.79 Å². The van der Waals surface area contributed by atoms with Crippen molar-refractivity contribution in [2.75, 3.05) is 6.61 Å². The van der Waals surface area contributed by atoms with E-state index in [-0.39, 0.29) is 23.5 Å². The number of hydrogen-bond donors (Lipinski definition) is 1. The van der Waals surface area contributed by atoms with Crippen LogP contribution in [0, 0.1) is 12.3 Å². The Balaban J connectivity index is 2.51. The van der Waals surface area contributed by atoms with Crippen LogP contribution < -0.4 is 5.32 Å². The SMILES string of the molecule is Cc1cccc(C(=O)OCC(=O)NC(C)(C)CC(C)(C)C)c1. The fourth-order valence-electron chi connectivity index (χ4n) is 2.77. The molecule has 4 heteroatoms. The number of amides is 1. The van der Waals surface area contributed by atoms with Gasteiger partial charge in [0.15, 0.2) is 6.61 Å². The van der Waals surface area contributed by atoms with Gasteiger partial charge in [0.25, 0.3) is 5.91 Å². The third-order valence-electron chi connectivity index (χ3n) is 3.04. The predicted molar refractivity (Wildman–Crippen MR) is 87.8 cm³/mol. The molecule has 0 aliphatic carbocycles. The fraction of sp³-hybridized carbons (Fsp3) is 0.556. The van der Waals surface area contributed by atoms with Crippen LogP contribution >= 0.6 is 0 Å². The van der Waals surface area contributed by atoms with Gasteiger partial charge in [0.1, 0.15) is 0 Å². The molecule has 1 amide bonds. The summed E-state index contributed by atoms with van der Waals surface area (Å²) in [6.07, 6.45) is 0.831. The van der Waals surface area contributed by atoms with E-state index in [1.54, 1.807) is 18.2 Å². The molecule has 0 unspecified atom stereocenters. The van der Waals surface area contributed by atoms with E-state index >= 15 is 0 Å². The van der Waals surface area contributed by atoms with Crippen molar-refractivity contribution in [3.05, 3.63) is 35.4 Å². The number of hydrogen-bond acceptors (Lipinski definition) is 3. The van der Waals surface area contributed by atoms with Gasteiger partial charge in [-0.1, -0.05) is 38.5 Å². The van der Waals surface area contributed by atoms with Crippen LogP contribution in [0.5, 0.6) is 0 Å². The number of rotatable bonds is 5. The lowest BCUT2D eigenvalue weighted by Gasteiger charge is -2.33. The molecule has 4 nitrogen and oxygen atoms in total. The number of nitrogens with one attached hydrogen (secondary N) is 1. The van der Waals surface area contributed by atoms with Crippen LogP contribution in [0.15, 0.2) is 24.3 Å². The molecule has 0 saturated heterocycles. The summed E-state index contributed by atoms with van der Waals surface area (Å²) in [5.74, 6) is -0.761. The molecule has 0 aliphatic heterocycles. The first-order valence-electron chi connectivity index (χ1n) is 7.53. The van der Waals surface area contributed by atoms with Crippen molar-refractivity contribution in [3.63, 3.8) is 0 Å². The van der Waals surface area contributed by atoms with Crippen LogP contribution in [0.2, 0.25) is 0 Å². The molecule has 122 valence electrons. The lowest BCUT2D eigenvalue weighted by molar-refractivity contribution is -0.126. The van der Waals surface area contributed by atoms with Crippen molar-refractivity contribution < 1.29 is 14.3 Å². The van der Waals surface area contributed by atoms with E-state index in [4.69, 9.17) is 4.74 Å². The summed E-state index contributed by atoms with van der Waals surface area (Å²) in [6.45, 7) is 12.0. The summed E-state index contributed by atoms with van der Waals surface area (Å²) < 4.78 is 5.07. The third kappa shape index (κ3) is 6.74. The summed E-state index contributed by atoms with van der Waals surface area (Å²) in [4.78, 5) is 23.9. The molecule has 0 heterocycles. The van der Waals surface area contributed by atoms with E-state index in [2.05, 4.69) is 26.1 Å². The van der Waals surface area contributed by atoms with E-state index in [9.17, 15) is 9.59 Å². The zero-order valence-electron chi connectivity index (χ0n) is 14.4. The van der Waals surface area contributed by atoms with Crippen LogP contribution in [-0.4, -0.2) is 24.0 Å². The van der Waals surface area contributed by atoms with E-state index in [0.29, 0.717) is 5.56 Å². The van der Waals surface area contributed by atoms with E-state index in [1.165, 1.54) is 0 Å². The molecule has 0 fully saturated rings. The van der Waals surface area contributed by atoms with Gasteiger partial charge < -0.3 is 10.1 Å². The molecule has 0 bridgehead atoms. The predicted octanol–water partition coefficient (Wildman–Crippen LogP) is 3.48. The van der Waals surface area contributed by atoms with Crippen LogP contribution in [0.1, 0.15) is 57.0 Å². The second-order valence-electron chi connectivity index (χ2n) is 7.62. The summed E-state index contributed by atoms with van der Waals surface area (Å²) >= 11 is 0. The van der Waals surface area contributed by atoms with Crippen molar-refractivity contribution in [1.29, 1.82) is 0 Å². The highest BCUT2D eigenvalue weighted by Crippen LogP contribution is 2.26. The Kier molecular flexibility index (Phi) is 5.75. The molecular formula is C18H27NO3. The van der Waals surface area contributed by atoms with Crippen LogP contribution in [-0.2, 0) is 9.53 Å². The highest BCUT2D eigenvalue weighted by Gasteiger charge is 2.27. The van der Waals surface area contributed by atoms with E-state index in [1.807, 2.05) is 26.8 Å². The summed E-state index contributed by atoms with van der Waals surface area (Å²) in [5.41, 5.74) is 1.20. The Hall–Kier alpha value is -1.84. The Bertz CT molecular complexity index is 542. The first kappa shape index (κ1) is 18.2. The highest BCUT2D eigenvalue weighted by atomic mass is 16.5. The average Bonchev–Trinajstić information content (AvgIpc) is 2.32. The number of benzene rings is 1. The third-order valence-corrected chi connectivity index (χ3v) is 3.04. The monoisotopic (exact) mass is 305 g/mol. The molecule has 1 aromatic rings. The number of carbonyl (C=O) groups excluding carboxylic acids is 2. The molecule has 22 heavy (non-hydrogen) atoms. The molecular weight excluding hydrogens is 278 g/mol. The van der Waals surface area contributed by atoms with Crippen molar-refractivity contribution >= 4 is 11.9 Å². The van der Waals surface area contributed by atoms with Gasteiger partial charge in [-0.05, 0) is 44.7 Å². The quantitative estimate of drug-likeness (QED) is 0.847. The van der Waals surface area contributed by atoms with Crippen LogP contribution in [0.25, 0.3) is 0 Å². The molecule has 1 aromatic carbocycles. The largest absolute Gasteiger partial charge is 0.452 e. The fourth-order valence-corrected chi connectivity index (χ4v) is 2.77. The zero-order valence-corrected chi connectivity index (χ0v) is 14.4. The maximum atomic E-state index is 12.0. The van der Waals surface area contributed by atoms with Gasteiger partial charge in [-0.15, -0.1) is 0 Å². The minimum atomic E-state index is -0.479. The van der Waals surface area contributed by atoms with Crippen molar-refractivity contribution in [2.45, 2.75) is 53.5 Å². The minimum absolute atomic E-state index is 0.106. The Labute approximate surface area is 133 Å². The van der Waals surface area contributed by atoms with Crippen molar-refractivity contribution in [3.8, 4) is 0 Å². The maximum Gasteiger partial charge on any atom is 0.338 e. The molecule has 1 rings (SSSR count). The smallest absolute Gasteiger partial charge is 0.338 e. The van der Waals surface area contributed by atoms with E-state index in [0.717, 1.165) is 12.0 Å². The number of aryl methyl sites for hydroxylation is 1. The second-order valence-corrected chi connectivity index (χ2v) is 7.62. The van der Waals surface area contributed by atoms with Gasteiger partial charge in [0, 0.05) is 5.54 Å². The minimum Gasteiger partial charge on any atom is -0.452 e. The molecule has 0 spiro atoms. The zero-order chi connectivity index (χ0) is 17.0. The lowest BCUT2D eigenvalue weighted by Crippen LogP contribution is -2.47. The van der Waals surface area contributed by atoms with Gasteiger partial charge in [0.05, 0.1) is 5.56 Å². The topological polar surface area (TPSA) is 55.4 Å². The lowest BCUT2D eigenvalue weighted by atomic mass is 9.82. The first-order valence-corrected chi connectivity index (χ1v) is 7.53. The highest BCUT2D eigenvalue weighted by molar-refractivity contribution is 5.91. The normalized spacial score (nSPS) is 11.9. The first-order chi connectivity index (χ1) is 9.98. The number of esters is 1. The molecule has 1 N–H and O–H groups in total. The maximum absolute atomic E-state index is 12.0. The Morgan fingerprint density at radius 3 is 2.32 bits per heavy atom. The summed E-state index contributed by atoms with van der Waals surface area (Å²) in [5, 5.41) is 2.91. The molecule has 0 saturated carbocycles. The summed E-state index contributed by atoms with van der Waals surface area (Å²) in [7, 11) is 0. The molecule has 0 aliphatic rings. The molecule has 0 atom stereocenters. The van der Waals surface area contributed by atoms with Gasteiger partial charge in [0.2, 0.25) is 0 Å².